The minimum Gasteiger partial charge on any atom is -0.481 e. The van der Waals surface area contributed by atoms with Crippen LogP contribution in [0.2, 0.25) is 5.02 Å². The van der Waals surface area contributed by atoms with Gasteiger partial charge >= 0.3 is 5.97 Å². The molecule has 19 heavy (non-hydrogen) atoms. The van der Waals surface area contributed by atoms with Crippen LogP contribution in [0.5, 0.6) is 0 Å². The van der Waals surface area contributed by atoms with Gasteiger partial charge in [-0.2, -0.15) is 0 Å². The molecular formula is C16H15ClO2. The maximum atomic E-state index is 11.7. The van der Waals surface area contributed by atoms with Crippen LogP contribution >= 0.6 is 11.6 Å². The summed E-state index contributed by atoms with van der Waals surface area (Å²) in [6, 6.07) is 16.6. The highest BCUT2D eigenvalue weighted by atomic mass is 35.5. The zero-order valence-corrected chi connectivity index (χ0v) is 11.4. The summed E-state index contributed by atoms with van der Waals surface area (Å²) >= 11 is 5.85. The van der Waals surface area contributed by atoms with Gasteiger partial charge in [-0.1, -0.05) is 54.1 Å². The zero-order chi connectivity index (χ0) is 13.9. The number of hydrogen-bond acceptors (Lipinski definition) is 1. The Morgan fingerprint density at radius 2 is 1.68 bits per heavy atom. The quantitative estimate of drug-likeness (QED) is 0.917. The molecule has 2 aromatic rings. The minimum atomic E-state index is -0.952. The highest BCUT2D eigenvalue weighted by Crippen LogP contribution is 2.29. The fraction of sp³-hybridized carbons (Fsp3) is 0.188. The molecule has 0 aliphatic carbocycles. The van der Waals surface area contributed by atoms with Crippen molar-refractivity contribution in [2.45, 2.75) is 18.8 Å². The van der Waals surface area contributed by atoms with Gasteiger partial charge in [-0.25, -0.2) is 0 Å². The summed E-state index contributed by atoms with van der Waals surface area (Å²) in [5.41, 5.74) is 0.807. The van der Waals surface area contributed by atoms with Gasteiger partial charge in [0, 0.05) is 5.02 Å². The van der Waals surface area contributed by atoms with Gasteiger partial charge in [-0.15, -0.1) is 0 Å². The Balaban J connectivity index is 2.38. The number of carboxylic acid groups (broad SMARTS) is 1. The van der Waals surface area contributed by atoms with Crippen LogP contribution in [0.1, 0.15) is 18.1 Å². The molecule has 0 radical (unpaired) electrons. The monoisotopic (exact) mass is 274 g/mol. The molecule has 0 aromatic heterocycles. The van der Waals surface area contributed by atoms with Crippen molar-refractivity contribution in [3.8, 4) is 0 Å². The van der Waals surface area contributed by atoms with Crippen LogP contribution < -0.4 is 0 Å². The molecule has 0 spiro atoms. The molecule has 1 N–H and O–H groups in total. The average molecular weight is 275 g/mol. The van der Waals surface area contributed by atoms with Gasteiger partial charge in [0.25, 0.3) is 0 Å². The highest BCUT2D eigenvalue weighted by Gasteiger charge is 2.35. The molecule has 0 bridgehead atoms. The van der Waals surface area contributed by atoms with Crippen LogP contribution in [0.4, 0.5) is 0 Å². The maximum Gasteiger partial charge on any atom is 0.314 e. The van der Waals surface area contributed by atoms with Gasteiger partial charge in [0.1, 0.15) is 0 Å². The third kappa shape index (κ3) is 2.96. The molecule has 0 fully saturated rings. The highest BCUT2D eigenvalue weighted by molar-refractivity contribution is 6.30. The van der Waals surface area contributed by atoms with E-state index in [1.54, 1.807) is 31.2 Å². The molecular weight excluding hydrogens is 260 g/mol. The smallest absolute Gasteiger partial charge is 0.314 e. The summed E-state index contributed by atoms with van der Waals surface area (Å²) in [6.07, 6.45) is 0.449. The molecule has 0 saturated heterocycles. The fourth-order valence-corrected chi connectivity index (χ4v) is 2.25. The maximum absolute atomic E-state index is 11.7. The molecule has 0 saturated carbocycles. The molecule has 2 rings (SSSR count). The first-order valence-corrected chi connectivity index (χ1v) is 6.43. The van der Waals surface area contributed by atoms with Crippen LogP contribution in [0.25, 0.3) is 0 Å². The Labute approximate surface area is 117 Å². The van der Waals surface area contributed by atoms with E-state index in [9.17, 15) is 9.90 Å². The van der Waals surface area contributed by atoms with E-state index in [1.165, 1.54) is 0 Å². The van der Waals surface area contributed by atoms with Crippen LogP contribution in [-0.2, 0) is 16.6 Å². The van der Waals surface area contributed by atoms with E-state index in [0.717, 1.165) is 11.1 Å². The molecule has 0 heterocycles. The lowest BCUT2D eigenvalue weighted by Gasteiger charge is -2.25. The van der Waals surface area contributed by atoms with Crippen molar-refractivity contribution >= 4 is 17.6 Å². The second kappa shape index (κ2) is 5.45. The van der Waals surface area contributed by atoms with E-state index in [-0.39, 0.29) is 0 Å². The predicted molar refractivity (Wildman–Crippen MR) is 76.6 cm³/mol. The normalized spacial score (nSPS) is 13.8. The van der Waals surface area contributed by atoms with E-state index in [2.05, 4.69) is 0 Å². The van der Waals surface area contributed by atoms with E-state index in [0.29, 0.717) is 11.4 Å². The van der Waals surface area contributed by atoms with Crippen molar-refractivity contribution in [1.82, 2.24) is 0 Å². The Morgan fingerprint density at radius 1 is 1.11 bits per heavy atom. The van der Waals surface area contributed by atoms with Gasteiger partial charge in [-0.05, 0) is 36.6 Å². The van der Waals surface area contributed by atoms with E-state index < -0.39 is 11.4 Å². The molecule has 2 aromatic carbocycles. The van der Waals surface area contributed by atoms with Gasteiger partial charge in [0.2, 0.25) is 0 Å². The van der Waals surface area contributed by atoms with Crippen LogP contribution in [0.15, 0.2) is 54.6 Å². The van der Waals surface area contributed by atoms with Crippen LogP contribution in [0, 0.1) is 0 Å². The van der Waals surface area contributed by atoms with Gasteiger partial charge in [0.05, 0.1) is 5.41 Å². The molecule has 0 aliphatic heterocycles. The lowest BCUT2D eigenvalue weighted by Crippen LogP contribution is -2.34. The zero-order valence-electron chi connectivity index (χ0n) is 10.6. The van der Waals surface area contributed by atoms with E-state index >= 15 is 0 Å². The Bertz CT molecular complexity index is 563. The summed E-state index contributed by atoms with van der Waals surface area (Å²) in [7, 11) is 0. The van der Waals surface area contributed by atoms with Crippen molar-refractivity contribution in [3.05, 3.63) is 70.7 Å². The van der Waals surface area contributed by atoms with Gasteiger partial charge in [-0.3, -0.25) is 4.79 Å². The summed E-state index contributed by atoms with van der Waals surface area (Å²) in [5, 5.41) is 10.2. The van der Waals surface area contributed by atoms with Gasteiger partial charge < -0.3 is 5.11 Å². The van der Waals surface area contributed by atoms with E-state index in [1.807, 2.05) is 30.3 Å². The Hall–Kier alpha value is -1.80. The molecule has 1 atom stereocenters. The standard InChI is InChI=1S/C16H15ClO2/c1-16(15(18)19,11-12-5-3-2-4-6-12)13-7-9-14(17)10-8-13/h2-10H,11H2,1H3,(H,18,19)/t16-/m0/s1. The number of rotatable bonds is 4. The molecule has 98 valence electrons. The van der Waals surface area contributed by atoms with Crippen molar-refractivity contribution < 1.29 is 9.90 Å². The first-order valence-electron chi connectivity index (χ1n) is 6.06. The summed E-state index contributed by atoms with van der Waals surface area (Å²) < 4.78 is 0. The number of carboxylic acids is 1. The molecule has 3 heteroatoms. The fourth-order valence-electron chi connectivity index (χ4n) is 2.12. The predicted octanol–water partition coefficient (Wildman–Crippen LogP) is 3.93. The summed E-state index contributed by atoms with van der Waals surface area (Å²) in [5.74, 6) is -0.835. The molecule has 0 amide bonds. The summed E-state index contributed by atoms with van der Waals surface area (Å²) in [4.78, 5) is 11.7. The van der Waals surface area contributed by atoms with Crippen molar-refractivity contribution in [2.75, 3.05) is 0 Å². The lowest BCUT2D eigenvalue weighted by molar-refractivity contribution is -0.143. The molecule has 2 nitrogen and oxygen atoms in total. The lowest BCUT2D eigenvalue weighted by atomic mass is 9.77. The van der Waals surface area contributed by atoms with Crippen LogP contribution in [-0.4, -0.2) is 11.1 Å². The van der Waals surface area contributed by atoms with E-state index in [4.69, 9.17) is 11.6 Å². The molecule has 0 aliphatic rings. The first-order chi connectivity index (χ1) is 9.02. The largest absolute Gasteiger partial charge is 0.481 e. The first kappa shape index (κ1) is 13.6. The average Bonchev–Trinajstić information content (AvgIpc) is 2.40. The summed E-state index contributed by atoms with van der Waals surface area (Å²) in [6.45, 7) is 1.74. The Morgan fingerprint density at radius 3 is 2.21 bits per heavy atom. The third-order valence-electron chi connectivity index (χ3n) is 3.35. The number of hydrogen-bond donors (Lipinski definition) is 1. The number of benzene rings is 2. The molecule has 0 unspecified atom stereocenters. The van der Waals surface area contributed by atoms with Crippen molar-refractivity contribution in [1.29, 1.82) is 0 Å². The van der Waals surface area contributed by atoms with Crippen molar-refractivity contribution in [2.24, 2.45) is 0 Å². The number of halogens is 1. The van der Waals surface area contributed by atoms with Crippen molar-refractivity contribution in [3.63, 3.8) is 0 Å². The minimum absolute atomic E-state index is 0.449. The number of aliphatic carboxylic acids is 1. The van der Waals surface area contributed by atoms with Crippen LogP contribution in [0.3, 0.4) is 0 Å². The third-order valence-corrected chi connectivity index (χ3v) is 3.61. The second-order valence-electron chi connectivity index (χ2n) is 4.81. The van der Waals surface area contributed by atoms with Gasteiger partial charge in [0.15, 0.2) is 0 Å². The Kier molecular flexibility index (Phi) is 3.91. The topological polar surface area (TPSA) is 37.3 Å². The SMILES string of the molecule is C[C@@](Cc1ccccc1)(C(=O)O)c1ccc(Cl)cc1. The second-order valence-corrected chi connectivity index (χ2v) is 5.24. The number of carbonyl (C=O) groups is 1.